The van der Waals surface area contributed by atoms with Gasteiger partial charge in [0.05, 0.1) is 5.60 Å². The van der Waals surface area contributed by atoms with Gasteiger partial charge in [0.15, 0.2) is 0 Å². The van der Waals surface area contributed by atoms with Gasteiger partial charge in [-0.2, -0.15) is 0 Å². The molecule has 0 aromatic carbocycles. The molecule has 0 saturated heterocycles. The molecule has 6 heteroatoms. The van der Waals surface area contributed by atoms with Crippen LogP contribution in [0, 0.1) is 5.92 Å². The summed E-state index contributed by atoms with van der Waals surface area (Å²) in [5.74, 6) is 2.22. The third-order valence-corrected chi connectivity index (χ3v) is 4.67. The monoisotopic (exact) mass is 342 g/mol. The molecule has 1 saturated carbocycles. The highest BCUT2D eigenvalue weighted by Crippen LogP contribution is 2.33. The largest absolute Gasteiger partial charge is 0.388 e. The highest BCUT2D eigenvalue weighted by Gasteiger charge is 2.31. The van der Waals surface area contributed by atoms with Crippen LogP contribution in [0.25, 0.3) is 0 Å². The average molecular weight is 343 g/mol. The van der Waals surface area contributed by atoms with Gasteiger partial charge in [0.25, 0.3) is 0 Å². The Morgan fingerprint density at radius 1 is 1.30 bits per heavy atom. The first-order valence-corrected chi connectivity index (χ1v) is 8.04. The van der Waals surface area contributed by atoms with Crippen LogP contribution in [-0.2, 0) is 0 Å². The van der Waals surface area contributed by atoms with Crippen molar-refractivity contribution in [2.45, 2.75) is 45.1 Å². The molecule has 0 spiro atoms. The van der Waals surface area contributed by atoms with Crippen LogP contribution in [0.2, 0.25) is 0 Å². The Morgan fingerprint density at radius 2 is 1.90 bits per heavy atom. The molecular weight excluding hydrogens is 320 g/mol. The number of rotatable bonds is 5. The van der Waals surface area contributed by atoms with Crippen LogP contribution in [0.5, 0.6) is 0 Å². The van der Waals surface area contributed by atoms with E-state index >= 15 is 0 Å². The number of hydrogen-bond donors (Lipinski definition) is 3. The van der Waals surface area contributed by atoms with E-state index in [2.05, 4.69) is 43.5 Å². The summed E-state index contributed by atoms with van der Waals surface area (Å²) < 4.78 is 0.814. The van der Waals surface area contributed by atoms with Crippen LogP contribution in [0.15, 0.2) is 10.8 Å². The third-order valence-electron chi connectivity index (χ3n) is 3.92. The Labute approximate surface area is 128 Å². The zero-order valence-electron chi connectivity index (χ0n) is 12.1. The first-order chi connectivity index (χ1) is 9.54. The molecule has 5 nitrogen and oxygen atoms in total. The SMILES string of the molecule is CCNc1ncnc(NCC2(O)CCC(C)CC2)c1Br. The van der Waals surface area contributed by atoms with Gasteiger partial charge < -0.3 is 15.7 Å². The molecule has 1 heterocycles. The molecule has 1 aromatic rings. The molecule has 1 aliphatic rings. The average Bonchev–Trinajstić information content (AvgIpc) is 2.44. The van der Waals surface area contributed by atoms with Crippen LogP contribution < -0.4 is 10.6 Å². The van der Waals surface area contributed by atoms with Crippen LogP contribution in [0.3, 0.4) is 0 Å². The van der Waals surface area contributed by atoms with E-state index in [1.54, 1.807) is 0 Å². The Balaban J connectivity index is 1.98. The maximum atomic E-state index is 10.6. The summed E-state index contributed by atoms with van der Waals surface area (Å²) in [4.78, 5) is 8.41. The summed E-state index contributed by atoms with van der Waals surface area (Å²) in [5, 5.41) is 17.0. The number of nitrogens with one attached hydrogen (secondary N) is 2. The first-order valence-electron chi connectivity index (χ1n) is 7.24. The maximum Gasteiger partial charge on any atom is 0.146 e. The molecule has 0 radical (unpaired) electrons. The lowest BCUT2D eigenvalue weighted by molar-refractivity contribution is 0.00493. The molecule has 1 aromatic heterocycles. The van der Waals surface area contributed by atoms with Crippen molar-refractivity contribution in [1.82, 2.24) is 9.97 Å². The van der Waals surface area contributed by atoms with E-state index in [9.17, 15) is 5.11 Å². The quantitative estimate of drug-likeness (QED) is 0.767. The molecule has 112 valence electrons. The minimum Gasteiger partial charge on any atom is -0.388 e. The number of anilines is 2. The number of hydrogen-bond acceptors (Lipinski definition) is 5. The van der Waals surface area contributed by atoms with E-state index in [0.29, 0.717) is 6.54 Å². The van der Waals surface area contributed by atoms with Gasteiger partial charge in [0.2, 0.25) is 0 Å². The lowest BCUT2D eigenvalue weighted by Gasteiger charge is -2.35. The molecule has 0 bridgehead atoms. The molecular formula is C14H23BrN4O. The predicted octanol–water partition coefficient (Wildman–Crippen LogP) is 3.02. The number of aliphatic hydroxyl groups is 1. The highest BCUT2D eigenvalue weighted by molar-refractivity contribution is 9.10. The molecule has 1 fully saturated rings. The van der Waals surface area contributed by atoms with E-state index in [4.69, 9.17) is 0 Å². The molecule has 0 unspecified atom stereocenters. The minimum atomic E-state index is -0.616. The number of aromatic nitrogens is 2. The first kappa shape index (κ1) is 15.5. The van der Waals surface area contributed by atoms with Crippen molar-refractivity contribution in [2.24, 2.45) is 5.92 Å². The zero-order valence-corrected chi connectivity index (χ0v) is 13.7. The molecule has 0 atom stereocenters. The second-order valence-corrected chi connectivity index (χ2v) is 6.47. The van der Waals surface area contributed by atoms with Gasteiger partial charge in [-0.25, -0.2) is 9.97 Å². The number of halogens is 1. The van der Waals surface area contributed by atoms with Crippen molar-refractivity contribution >= 4 is 27.6 Å². The Hall–Kier alpha value is -0.880. The fraction of sp³-hybridized carbons (Fsp3) is 0.714. The van der Waals surface area contributed by atoms with Crippen molar-refractivity contribution in [3.8, 4) is 0 Å². The van der Waals surface area contributed by atoms with Crippen LogP contribution in [0.1, 0.15) is 39.5 Å². The van der Waals surface area contributed by atoms with Crippen molar-refractivity contribution in [1.29, 1.82) is 0 Å². The second-order valence-electron chi connectivity index (χ2n) is 5.68. The zero-order chi connectivity index (χ0) is 14.6. The minimum absolute atomic E-state index is 0.529. The van der Waals surface area contributed by atoms with E-state index in [-0.39, 0.29) is 0 Å². The van der Waals surface area contributed by atoms with Gasteiger partial charge in [0, 0.05) is 13.1 Å². The Morgan fingerprint density at radius 3 is 2.50 bits per heavy atom. The lowest BCUT2D eigenvalue weighted by atomic mass is 9.79. The summed E-state index contributed by atoms with van der Waals surface area (Å²) in [6, 6.07) is 0. The third kappa shape index (κ3) is 3.82. The van der Waals surface area contributed by atoms with Gasteiger partial charge in [-0.3, -0.25) is 0 Å². The standard InChI is InChI=1S/C14H23BrN4O/c1-3-16-12-11(15)13(19-9-18-12)17-8-14(20)6-4-10(2)5-7-14/h9-10,20H,3-8H2,1-2H3,(H2,16,17,18,19). The Kier molecular flexibility index (Phi) is 5.21. The second kappa shape index (κ2) is 6.72. The molecule has 3 N–H and O–H groups in total. The van der Waals surface area contributed by atoms with E-state index in [1.807, 2.05) is 6.92 Å². The van der Waals surface area contributed by atoms with E-state index < -0.39 is 5.60 Å². The Bertz CT molecular complexity index is 447. The fourth-order valence-corrected chi connectivity index (χ4v) is 2.99. The summed E-state index contributed by atoms with van der Waals surface area (Å²) in [5.41, 5.74) is -0.616. The fourth-order valence-electron chi connectivity index (χ4n) is 2.51. The van der Waals surface area contributed by atoms with E-state index in [1.165, 1.54) is 6.33 Å². The van der Waals surface area contributed by atoms with Gasteiger partial charge in [0.1, 0.15) is 22.4 Å². The summed E-state index contributed by atoms with van der Waals surface area (Å²) in [7, 11) is 0. The van der Waals surface area contributed by atoms with Gasteiger partial charge in [-0.15, -0.1) is 0 Å². The van der Waals surface area contributed by atoms with Gasteiger partial charge in [-0.05, 0) is 54.5 Å². The van der Waals surface area contributed by atoms with Crippen LogP contribution in [0.4, 0.5) is 11.6 Å². The van der Waals surface area contributed by atoms with Gasteiger partial charge in [-0.1, -0.05) is 6.92 Å². The van der Waals surface area contributed by atoms with Gasteiger partial charge >= 0.3 is 0 Å². The number of nitrogens with zero attached hydrogens (tertiary/aromatic N) is 2. The van der Waals surface area contributed by atoms with E-state index in [0.717, 1.165) is 54.3 Å². The lowest BCUT2D eigenvalue weighted by Crippen LogP contribution is -2.40. The molecule has 0 amide bonds. The van der Waals surface area contributed by atoms with Crippen molar-refractivity contribution in [3.05, 3.63) is 10.8 Å². The summed E-state index contributed by atoms with van der Waals surface area (Å²) >= 11 is 3.50. The molecule has 1 aliphatic carbocycles. The highest BCUT2D eigenvalue weighted by atomic mass is 79.9. The van der Waals surface area contributed by atoms with Crippen molar-refractivity contribution in [2.75, 3.05) is 23.7 Å². The normalized spacial score (nSPS) is 26.3. The topological polar surface area (TPSA) is 70.1 Å². The summed E-state index contributed by atoms with van der Waals surface area (Å²) in [6.45, 7) is 5.60. The van der Waals surface area contributed by atoms with Crippen molar-refractivity contribution in [3.63, 3.8) is 0 Å². The molecule has 0 aliphatic heterocycles. The molecule has 2 rings (SSSR count). The molecule has 20 heavy (non-hydrogen) atoms. The summed E-state index contributed by atoms with van der Waals surface area (Å²) in [6.07, 6.45) is 5.41. The maximum absolute atomic E-state index is 10.6. The van der Waals surface area contributed by atoms with Crippen LogP contribution >= 0.6 is 15.9 Å². The smallest absolute Gasteiger partial charge is 0.146 e. The predicted molar refractivity (Wildman–Crippen MR) is 85.0 cm³/mol. The van der Waals surface area contributed by atoms with Crippen molar-refractivity contribution < 1.29 is 5.11 Å². The van der Waals surface area contributed by atoms with Crippen LogP contribution in [-0.4, -0.2) is 33.8 Å².